The Labute approximate surface area is 172 Å². The van der Waals surface area contributed by atoms with Crippen LogP contribution in [0.5, 0.6) is 5.75 Å². The Balaban J connectivity index is 1.65. The second kappa shape index (κ2) is 8.34. The number of Topliss-reactive ketones (excluding diaryl/α,β-unsaturated/α-hetero) is 1. The van der Waals surface area contributed by atoms with Crippen molar-refractivity contribution in [3.05, 3.63) is 94.4 Å². The molecule has 0 saturated heterocycles. The summed E-state index contributed by atoms with van der Waals surface area (Å²) < 4.78 is 6.93. The first kappa shape index (κ1) is 19.6. The molecule has 1 aromatic carbocycles. The van der Waals surface area contributed by atoms with Crippen molar-refractivity contribution in [3.8, 4) is 5.75 Å². The van der Waals surface area contributed by atoms with Crippen LogP contribution in [0.1, 0.15) is 34.1 Å². The Hall–Kier alpha value is -3.71. The molecule has 3 N–H and O–H groups in total. The predicted molar refractivity (Wildman–Crippen MR) is 111 cm³/mol. The Morgan fingerprint density at radius 1 is 1.17 bits per heavy atom. The number of furan rings is 1. The van der Waals surface area contributed by atoms with Crippen LogP contribution >= 0.6 is 0 Å². The molecule has 0 unspecified atom stereocenters. The molecular weight excluding hydrogens is 382 g/mol. The average molecular weight is 404 g/mol. The molecule has 7 heteroatoms. The maximum Gasteiger partial charge on any atom is 0.265 e. The summed E-state index contributed by atoms with van der Waals surface area (Å²) in [5, 5.41) is 13.2. The van der Waals surface area contributed by atoms with Crippen molar-refractivity contribution < 1.29 is 19.6 Å². The molecule has 4 aromatic rings. The number of benzene rings is 1. The molecule has 0 radical (unpaired) electrons. The molecule has 0 aliphatic heterocycles. The van der Waals surface area contributed by atoms with Crippen LogP contribution in [-0.4, -0.2) is 20.4 Å². The Bertz CT molecular complexity index is 1230. The molecule has 1 atom stereocenters. The number of aromatic hydroxyl groups is 1. The van der Waals surface area contributed by atoms with Crippen molar-refractivity contribution >= 4 is 16.7 Å². The number of hydrogen-bond donors (Lipinski definition) is 2. The van der Waals surface area contributed by atoms with Crippen LogP contribution in [0.15, 0.2) is 76.4 Å². The monoisotopic (exact) mass is 404 g/mol. The number of pyridine rings is 2. The molecule has 0 saturated carbocycles. The van der Waals surface area contributed by atoms with Gasteiger partial charge in [0.2, 0.25) is 0 Å². The van der Waals surface area contributed by atoms with E-state index in [1.54, 1.807) is 62.1 Å². The number of rotatable bonds is 7. The number of aromatic nitrogens is 2. The summed E-state index contributed by atoms with van der Waals surface area (Å²) in [5.74, 6) is -0.0632. The minimum Gasteiger partial charge on any atom is -0.506 e. The quantitative estimate of drug-likeness (QED) is 0.460. The van der Waals surface area contributed by atoms with Crippen LogP contribution in [0, 0.1) is 0 Å². The van der Waals surface area contributed by atoms with E-state index in [1.807, 2.05) is 17.4 Å². The highest BCUT2D eigenvalue weighted by Crippen LogP contribution is 2.27. The van der Waals surface area contributed by atoms with E-state index in [1.165, 1.54) is 4.57 Å². The Kier molecular flexibility index (Phi) is 5.45. The van der Waals surface area contributed by atoms with E-state index in [9.17, 15) is 14.7 Å². The van der Waals surface area contributed by atoms with E-state index >= 15 is 0 Å². The summed E-state index contributed by atoms with van der Waals surface area (Å²) in [5.41, 5.74) is 0.926. The van der Waals surface area contributed by atoms with Gasteiger partial charge in [-0.25, -0.2) is 0 Å². The highest BCUT2D eigenvalue weighted by atomic mass is 16.3. The van der Waals surface area contributed by atoms with E-state index in [2.05, 4.69) is 4.98 Å². The molecule has 0 aliphatic rings. The number of hydrogen-bond acceptors (Lipinski definition) is 5. The SMILES string of the molecule is Cn1c(=O)c(C(=O)C[C@H]([NH2+]Cc2ccncc2)c2ccco2)c(O)c2ccccc21. The van der Waals surface area contributed by atoms with Crippen molar-refractivity contribution in [2.75, 3.05) is 0 Å². The van der Waals surface area contributed by atoms with Gasteiger partial charge in [0, 0.05) is 30.4 Å². The van der Waals surface area contributed by atoms with Gasteiger partial charge in [0.05, 0.1) is 18.2 Å². The molecule has 7 nitrogen and oxygen atoms in total. The summed E-state index contributed by atoms with van der Waals surface area (Å²) in [6, 6.07) is 14.0. The van der Waals surface area contributed by atoms with Crippen LogP contribution in [0.4, 0.5) is 0 Å². The van der Waals surface area contributed by atoms with E-state index < -0.39 is 11.3 Å². The van der Waals surface area contributed by atoms with Crippen molar-refractivity contribution in [2.45, 2.75) is 19.0 Å². The third-order valence-corrected chi connectivity index (χ3v) is 5.26. The number of ketones is 1. The lowest BCUT2D eigenvalue weighted by Gasteiger charge is -2.15. The molecule has 3 aromatic heterocycles. The van der Waals surface area contributed by atoms with Gasteiger partial charge in [-0.2, -0.15) is 0 Å². The molecule has 3 heterocycles. The summed E-state index contributed by atoms with van der Waals surface area (Å²) in [7, 11) is 1.60. The maximum absolute atomic E-state index is 13.2. The zero-order chi connectivity index (χ0) is 21.1. The van der Waals surface area contributed by atoms with Crippen LogP contribution in [-0.2, 0) is 13.6 Å². The summed E-state index contributed by atoms with van der Waals surface area (Å²) in [4.78, 5) is 30.0. The molecule has 0 bridgehead atoms. The van der Waals surface area contributed by atoms with E-state index in [0.29, 0.717) is 23.2 Å². The second-order valence-electron chi connectivity index (χ2n) is 7.15. The van der Waals surface area contributed by atoms with Gasteiger partial charge < -0.3 is 19.4 Å². The van der Waals surface area contributed by atoms with Gasteiger partial charge >= 0.3 is 0 Å². The van der Waals surface area contributed by atoms with Gasteiger partial charge in [0.1, 0.15) is 17.9 Å². The number of nitrogens with zero attached hydrogens (tertiary/aromatic N) is 2. The highest BCUT2D eigenvalue weighted by Gasteiger charge is 2.27. The fourth-order valence-electron chi connectivity index (χ4n) is 3.63. The zero-order valence-corrected chi connectivity index (χ0v) is 16.5. The predicted octanol–water partition coefficient (Wildman–Crippen LogP) is 2.31. The summed E-state index contributed by atoms with van der Waals surface area (Å²) in [6.45, 7) is 0.614. The first-order valence-corrected chi connectivity index (χ1v) is 9.65. The van der Waals surface area contributed by atoms with Crippen molar-refractivity contribution in [1.29, 1.82) is 0 Å². The van der Waals surface area contributed by atoms with Gasteiger partial charge in [0.25, 0.3) is 5.56 Å². The first-order valence-electron chi connectivity index (χ1n) is 9.65. The van der Waals surface area contributed by atoms with Crippen LogP contribution in [0.2, 0.25) is 0 Å². The van der Waals surface area contributed by atoms with Gasteiger partial charge in [-0.15, -0.1) is 0 Å². The van der Waals surface area contributed by atoms with Gasteiger partial charge in [-0.1, -0.05) is 12.1 Å². The molecular formula is C23H22N3O4+. The van der Waals surface area contributed by atoms with Crippen LogP contribution in [0.3, 0.4) is 0 Å². The van der Waals surface area contributed by atoms with Gasteiger partial charge in [-0.3, -0.25) is 14.6 Å². The molecule has 30 heavy (non-hydrogen) atoms. The smallest absolute Gasteiger partial charge is 0.265 e. The minimum absolute atomic E-state index is 0.0136. The number of quaternary nitrogens is 1. The van der Waals surface area contributed by atoms with Gasteiger partial charge in [0.15, 0.2) is 17.6 Å². The molecule has 0 amide bonds. The lowest BCUT2D eigenvalue weighted by atomic mass is 10.00. The molecule has 0 aliphatic carbocycles. The van der Waals surface area contributed by atoms with Crippen molar-refractivity contribution in [2.24, 2.45) is 7.05 Å². The summed E-state index contributed by atoms with van der Waals surface area (Å²) >= 11 is 0. The third-order valence-electron chi connectivity index (χ3n) is 5.26. The van der Waals surface area contributed by atoms with Crippen molar-refractivity contribution in [3.63, 3.8) is 0 Å². The molecule has 0 fully saturated rings. The molecule has 0 spiro atoms. The maximum atomic E-state index is 13.2. The fourth-order valence-corrected chi connectivity index (χ4v) is 3.63. The molecule has 4 rings (SSSR count). The second-order valence-corrected chi connectivity index (χ2v) is 7.15. The normalized spacial score (nSPS) is 12.2. The fraction of sp³-hybridized carbons (Fsp3) is 0.174. The number of aryl methyl sites for hydroxylation is 1. The highest BCUT2D eigenvalue weighted by molar-refractivity contribution is 6.03. The van der Waals surface area contributed by atoms with E-state index in [-0.39, 0.29) is 23.8 Å². The first-order chi connectivity index (χ1) is 14.6. The van der Waals surface area contributed by atoms with E-state index in [4.69, 9.17) is 4.42 Å². The van der Waals surface area contributed by atoms with E-state index in [0.717, 1.165) is 5.56 Å². The summed E-state index contributed by atoms with van der Waals surface area (Å²) in [6.07, 6.45) is 5.00. The topological polar surface area (TPSA) is 102 Å². The van der Waals surface area contributed by atoms with Crippen LogP contribution in [0.25, 0.3) is 10.9 Å². The average Bonchev–Trinajstić information content (AvgIpc) is 3.31. The van der Waals surface area contributed by atoms with Gasteiger partial charge in [-0.05, 0) is 36.4 Å². The lowest BCUT2D eigenvalue weighted by Crippen LogP contribution is -2.83. The zero-order valence-electron chi connectivity index (χ0n) is 16.5. The largest absolute Gasteiger partial charge is 0.506 e. The number of nitrogens with two attached hydrogens (primary N) is 1. The van der Waals surface area contributed by atoms with Crippen molar-refractivity contribution in [1.82, 2.24) is 9.55 Å². The Morgan fingerprint density at radius 2 is 1.93 bits per heavy atom. The number of fused-ring (bicyclic) bond motifs is 1. The van der Waals surface area contributed by atoms with Crippen LogP contribution < -0.4 is 10.9 Å². The number of carbonyl (C=O) groups is 1. The standard InChI is InChI=1S/C23H21N3O4/c1-26-18-6-3-2-5-16(18)22(28)21(23(26)29)19(27)13-17(20-7-4-12-30-20)25-14-15-8-10-24-11-9-15/h2-12,17,25,28H,13-14H2,1H3/p+1/t17-/m0/s1. The molecule has 152 valence electrons. The third kappa shape index (κ3) is 3.75. The minimum atomic E-state index is -0.511. The number of para-hydroxylation sites is 1. The number of carbonyl (C=O) groups excluding carboxylic acids is 1. The lowest BCUT2D eigenvalue weighted by molar-refractivity contribution is -0.711. The Morgan fingerprint density at radius 3 is 2.67 bits per heavy atom.